The van der Waals surface area contributed by atoms with Crippen molar-refractivity contribution < 1.29 is 14.3 Å². The van der Waals surface area contributed by atoms with Gasteiger partial charge >= 0.3 is 0 Å². The molecule has 0 fully saturated rings. The van der Waals surface area contributed by atoms with E-state index in [-0.39, 0.29) is 17.4 Å². The molecule has 1 aromatic heterocycles. The van der Waals surface area contributed by atoms with Crippen LogP contribution in [0.15, 0.2) is 53.7 Å². The molecule has 0 spiro atoms. The number of carbonyl (C=O) groups excluding carboxylic acids is 2. The minimum absolute atomic E-state index is 0.0202. The lowest BCUT2D eigenvalue weighted by Crippen LogP contribution is -2.27. The van der Waals surface area contributed by atoms with Crippen molar-refractivity contribution in [3.8, 4) is 17.1 Å². The second-order valence-corrected chi connectivity index (χ2v) is 9.19. The first-order valence-electron chi connectivity index (χ1n) is 10.4. The van der Waals surface area contributed by atoms with Crippen LogP contribution in [0.1, 0.15) is 38.1 Å². The van der Waals surface area contributed by atoms with E-state index in [1.165, 1.54) is 11.8 Å². The molecule has 0 radical (unpaired) electrons. The number of methoxy groups -OCH3 is 1. The third-order valence-corrected chi connectivity index (χ3v) is 5.83. The smallest absolute Gasteiger partial charge is 0.229 e. The number of benzene rings is 2. The molecular formula is C24H28N4O3S. The molecule has 0 saturated heterocycles. The van der Waals surface area contributed by atoms with Gasteiger partial charge in [-0.2, -0.15) is 0 Å². The molecule has 0 aliphatic rings. The van der Waals surface area contributed by atoms with Gasteiger partial charge in [-0.15, -0.1) is 10.2 Å². The number of hydrogen-bond acceptors (Lipinski definition) is 6. The maximum Gasteiger partial charge on any atom is 0.229 e. The van der Waals surface area contributed by atoms with E-state index in [0.29, 0.717) is 28.8 Å². The topological polar surface area (TPSA) is 86.1 Å². The molecule has 0 unspecified atom stereocenters. The highest BCUT2D eigenvalue weighted by molar-refractivity contribution is 7.99. The summed E-state index contributed by atoms with van der Waals surface area (Å²) in [6, 6.07) is 14.6. The largest absolute Gasteiger partial charge is 0.496 e. The molecule has 1 N–H and O–H groups in total. The van der Waals surface area contributed by atoms with E-state index in [9.17, 15) is 9.59 Å². The van der Waals surface area contributed by atoms with Crippen LogP contribution in [0.2, 0.25) is 0 Å². The molecule has 1 amide bonds. The van der Waals surface area contributed by atoms with Crippen molar-refractivity contribution in [1.82, 2.24) is 14.8 Å². The van der Waals surface area contributed by atoms with E-state index in [1.54, 1.807) is 31.4 Å². The van der Waals surface area contributed by atoms with Crippen molar-refractivity contribution >= 4 is 29.1 Å². The summed E-state index contributed by atoms with van der Waals surface area (Å²) >= 11 is 1.35. The van der Waals surface area contributed by atoms with Gasteiger partial charge in [-0.25, -0.2) is 0 Å². The predicted molar refractivity (Wildman–Crippen MR) is 127 cm³/mol. The number of aromatic nitrogens is 3. The van der Waals surface area contributed by atoms with Gasteiger partial charge in [0, 0.05) is 23.2 Å². The van der Waals surface area contributed by atoms with Crippen molar-refractivity contribution in [2.24, 2.45) is 5.41 Å². The molecule has 0 atom stereocenters. The van der Waals surface area contributed by atoms with Gasteiger partial charge < -0.3 is 14.6 Å². The molecule has 0 aliphatic heterocycles. The van der Waals surface area contributed by atoms with Crippen LogP contribution in [0.5, 0.6) is 5.75 Å². The van der Waals surface area contributed by atoms with Crippen LogP contribution in [-0.2, 0) is 11.3 Å². The number of ether oxygens (including phenoxy) is 1. The molecular weight excluding hydrogens is 424 g/mol. The maximum absolute atomic E-state index is 12.7. The maximum atomic E-state index is 12.7. The lowest BCUT2D eigenvalue weighted by atomic mass is 9.95. The molecule has 32 heavy (non-hydrogen) atoms. The third-order valence-electron chi connectivity index (χ3n) is 4.86. The number of nitrogens with zero attached hydrogens (tertiary/aromatic N) is 3. The molecule has 1 heterocycles. The van der Waals surface area contributed by atoms with E-state index >= 15 is 0 Å². The summed E-state index contributed by atoms with van der Waals surface area (Å²) in [6.07, 6.45) is 0. The highest BCUT2D eigenvalue weighted by Gasteiger charge is 2.21. The average molecular weight is 453 g/mol. The number of ketones is 1. The molecule has 0 aliphatic carbocycles. The van der Waals surface area contributed by atoms with E-state index in [1.807, 2.05) is 56.5 Å². The van der Waals surface area contributed by atoms with Gasteiger partial charge in [-0.3, -0.25) is 9.59 Å². The van der Waals surface area contributed by atoms with Crippen LogP contribution in [0.3, 0.4) is 0 Å². The van der Waals surface area contributed by atoms with Crippen LogP contribution in [-0.4, -0.2) is 39.3 Å². The number of anilines is 1. The van der Waals surface area contributed by atoms with Crippen molar-refractivity contribution in [3.05, 3.63) is 54.1 Å². The predicted octanol–water partition coefficient (Wildman–Crippen LogP) is 4.93. The summed E-state index contributed by atoms with van der Waals surface area (Å²) in [6.45, 7) is 8.24. The Balaban J connectivity index is 1.69. The lowest BCUT2D eigenvalue weighted by Gasteiger charge is -2.17. The minimum atomic E-state index is -0.483. The van der Waals surface area contributed by atoms with Gasteiger partial charge in [0.05, 0.1) is 18.4 Å². The lowest BCUT2D eigenvalue weighted by molar-refractivity contribution is -0.123. The zero-order valence-electron chi connectivity index (χ0n) is 19.0. The molecule has 7 nitrogen and oxygen atoms in total. The van der Waals surface area contributed by atoms with Crippen molar-refractivity contribution in [2.75, 3.05) is 18.2 Å². The number of carbonyl (C=O) groups is 2. The van der Waals surface area contributed by atoms with E-state index in [0.717, 1.165) is 11.3 Å². The van der Waals surface area contributed by atoms with Gasteiger partial charge in [-0.1, -0.05) is 44.7 Å². The average Bonchev–Trinajstić information content (AvgIpc) is 3.20. The third kappa shape index (κ3) is 5.37. The number of thioether (sulfide) groups is 1. The van der Waals surface area contributed by atoms with Crippen molar-refractivity contribution in [2.45, 2.75) is 39.4 Å². The van der Waals surface area contributed by atoms with Gasteiger partial charge in [-0.05, 0) is 43.3 Å². The first-order valence-corrected chi connectivity index (χ1v) is 11.4. The van der Waals surface area contributed by atoms with Gasteiger partial charge in [0.2, 0.25) is 5.91 Å². The van der Waals surface area contributed by atoms with Crippen LogP contribution in [0.4, 0.5) is 5.69 Å². The monoisotopic (exact) mass is 452 g/mol. The Morgan fingerprint density at radius 2 is 1.75 bits per heavy atom. The Morgan fingerprint density at radius 1 is 1.06 bits per heavy atom. The molecule has 2 aromatic carbocycles. The normalized spacial score (nSPS) is 11.3. The summed E-state index contributed by atoms with van der Waals surface area (Å²) < 4.78 is 7.42. The second-order valence-electron chi connectivity index (χ2n) is 8.24. The van der Waals surface area contributed by atoms with E-state index in [4.69, 9.17) is 4.74 Å². The summed E-state index contributed by atoms with van der Waals surface area (Å²) in [4.78, 5) is 24.8. The van der Waals surface area contributed by atoms with E-state index in [2.05, 4.69) is 15.5 Å². The summed E-state index contributed by atoms with van der Waals surface area (Å²) in [5.74, 6) is 1.57. The first-order chi connectivity index (χ1) is 15.2. The van der Waals surface area contributed by atoms with Crippen molar-refractivity contribution in [1.29, 1.82) is 0 Å². The van der Waals surface area contributed by atoms with Gasteiger partial charge in [0.15, 0.2) is 16.8 Å². The standard InChI is InChI=1S/C24H28N4O3S/c1-6-28-21(18-9-7-8-10-20(18)31-5)26-27-23(28)32-15-19(29)16-11-13-17(14-12-16)25-22(30)24(2,3)4/h7-14H,6,15H2,1-5H3,(H,25,30). The molecule has 3 rings (SSSR count). The quantitative estimate of drug-likeness (QED) is 0.385. The first kappa shape index (κ1) is 23.5. The fourth-order valence-electron chi connectivity index (χ4n) is 2.98. The highest BCUT2D eigenvalue weighted by Crippen LogP contribution is 2.31. The van der Waals surface area contributed by atoms with Crippen LogP contribution >= 0.6 is 11.8 Å². The number of hydrogen-bond donors (Lipinski definition) is 1. The van der Waals surface area contributed by atoms with Crippen LogP contribution in [0.25, 0.3) is 11.4 Å². The zero-order valence-corrected chi connectivity index (χ0v) is 19.8. The summed E-state index contributed by atoms with van der Waals surface area (Å²) in [5, 5.41) is 12.2. The Labute approximate surface area is 192 Å². The summed E-state index contributed by atoms with van der Waals surface area (Å²) in [5.41, 5.74) is 1.62. The number of nitrogens with one attached hydrogen (secondary N) is 1. The fourth-order valence-corrected chi connectivity index (χ4v) is 3.88. The summed E-state index contributed by atoms with van der Waals surface area (Å²) in [7, 11) is 1.62. The Morgan fingerprint density at radius 3 is 2.38 bits per heavy atom. The Kier molecular flexibility index (Phi) is 7.35. The Bertz CT molecular complexity index is 1100. The SMILES string of the molecule is CCn1c(SCC(=O)c2ccc(NC(=O)C(C)(C)C)cc2)nnc1-c1ccccc1OC. The molecule has 8 heteroatoms. The number of amides is 1. The highest BCUT2D eigenvalue weighted by atomic mass is 32.2. The molecule has 0 saturated carbocycles. The zero-order chi connectivity index (χ0) is 23.3. The molecule has 168 valence electrons. The van der Waals surface area contributed by atoms with Gasteiger partial charge in [0.25, 0.3) is 0 Å². The number of para-hydroxylation sites is 1. The number of Topliss-reactive ketones (excluding diaryl/α,β-unsaturated/α-hetero) is 1. The van der Waals surface area contributed by atoms with Crippen LogP contribution in [0, 0.1) is 5.41 Å². The molecule has 3 aromatic rings. The fraction of sp³-hybridized carbons (Fsp3) is 0.333. The van der Waals surface area contributed by atoms with Crippen LogP contribution < -0.4 is 10.1 Å². The van der Waals surface area contributed by atoms with E-state index < -0.39 is 5.41 Å². The number of rotatable bonds is 8. The minimum Gasteiger partial charge on any atom is -0.496 e. The second kappa shape index (κ2) is 9.99. The van der Waals surface area contributed by atoms with Crippen molar-refractivity contribution in [3.63, 3.8) is 0 Å². The molecule has 0 bridgehead atoms. The van der Waals surface area contributed by atoms with Gasteiger partial charge in [0.1, 0.15) is 5.75 Å². The Hall–Kier alpha value is -3.13.